The van der Waals surface area contributed by atoms with Gasteiger partial charge >= 0.3 is 0 Å². The molecule has 0 aromatic heterocycles. The third-order valence-corrected chi connectivity index (χ3v) is 6.14. The maximum atomic E-state index is 13.5. The minimum Gasteiger partial charge on any atom is -0.326 e. The van der Waals surface area contributed by atoms with Crippen molar-refractivity contribution >= 4 is 29.1 Å². The fourth-order valence-corrected chi connectivity index (χ4v) is 4.42. The number of nitrogens with zero attached hydrogens (tertiary/aromatic N) is 3. The Morgan fingerprint density at radius 2 is 1.88 bits per heavy atom. The topological polar surface area (TPSA) is 101 Å². The number of hydrogen-bond acceptors (Lipinski definition) is 5. The summed E-state index contributed by atoms with van der Waals surface area (Å²) in [6.07, 6.45) is 6.84. The van der Waals surface area contributed by atoms with Gasteiger partial charge in [0.15, 0.2) is 0 Å². The summed E-state index contributed by atoms with van der Waals surface area (Å²) in [6.45, 7) is 0.264. The van der Waals surface area contributed by atoms with Gasteiger partial charge in [-0.2, -0.15) is 0 Å². The average molecular weight is 447 g/mol. The number of imide groups is 1. The van der Waals surface area contributed by atoms with E-state index in [1.807, 2.05) is 0 Å². The van der Waals surface area contributed by atoms with Crippen molar-refractivity contribution in [3.05, 3.63) is 81.9 Å². The number of amides is 3. The molecule has 0 N–H and O–H groups in total. The Balaban J connectivity index is 1.63. The lowest BCUT2D eigenvalue weighted by Gasteiger charge is -2.28. The number of rotatable bonds is 7. The first kappa shape index (κ1) is 22.4. The fraction of sp³-hybridized carbons (Fsp3) is 0.320. The monoisotopic (exact) mass is 447 g/mol. The molecule has 33 heavy (non-hydrogen) atoms. The molecule has 1 heterocycles. The van der Waals surface area contributed by atoms with Crippen LogP contribution in [0.2, 0.25) is 0 Å². The van der Waals surface area contributed by atoms with Crippen LogP contribution in [0.5, 0.6) is 0 Å². The van der Waals surface area contributed by atoms with Crippen molar-refractivity contribution in [1.29, 1.82) is 0 Å². The average Bonchev–Trinajstić information content (AvgIpc) is 3.13. The van der Waals surface area contributed by atoms with E-state index < -0.39 is 22.8 Å². The Morgan fingerprint density at radius 3 is 2.58 bits per heavy atom. The van der Waals surface area contributed by atoms with Crippen LogP contribution in [0.25, 0.3) is 0 Å². The van der Waals surface area contributed by atoms with Crippen molar-refractivity contribution < 1.29 is 19.3 Å². The molecule has 170 valence electrons. The summed E-state index contributed by atoms with van der Waals surface area (Å²) in [5, 5.41) is 11.2. The van der Waals surface area contributed by atoms with Gasteiger partial charge in [-0.25, -0.2) is 4.90 Å². The predicted octanol–water partition coefficient (Wildman–Crippen LogP) is 4.26. The maximum Gasteiger partial charge on any atom is 0.270 e. The number of non-ortho nitro benzene ring substituents is 1. The highest BCUT2D eigenvalue weighted by molar-refractivity contribution is 6.23. The van der Waals surface area contributed by atoms with Crippen LogP contribution < -0.4 is 4.90 Å². The summed E-state index contributed by atoms with van der Waals surface area (Å²) in [5.41, 5.74) is 1.62. The molecule has 2 aromatic carbocycles. The van der Waals surface area contributed by atoms with Crippen molar-refractivity contribution in [3.63, 3.8) is 0 Å². The summed E-state index contributed by atoms with van der Waals surface area (Å²) >= 11 is 0. The molecule has 8 heteroatoms. The molecule has 0 saturated carbocycles. The van der Waals surface area contributed by atoms with E-state index in [0.29, 0.717) is 12.1 Å². The van der Waals surface area contributed by atoms with Gasteiger partial charge in [-0.1, -0.05) is 35.9 Å². The van der Waals surface area contributed by atoms with E-state index >= 15 is 0 Å². The van der Waals surface area contributed by atoms with Crippen LogP contribution in [0, 0.1) is 10.1 Å². The van der Waals surface area contributed by atoms with Crippen LogP contribution in [0.4, 0.5) is 11.4 Å². The minimum atomic E-state index is -0.950. The summed E-state index contributed by atoms with van der Waals surface area (Å²) in [7, 11) is 0. The molecule has 1 saturated heterocycles. The second kappa shape index (κ2) is 9.77. The molecule has 1 atom stereocenters. The summed E-state index contributed by atoms with van der Waals surface area (Å²) in [5.74, 6) is -1.32. The van der Waals surface area contributed by atoms with Gasteiger partial charge in [-0.3, -0.25) is 24.5 Å². The Labute approximate surface area is 191 Å². The molecule has 4 rings (SSSR count). The van der Waals surface area contributed by atoms with Crippen LogP contribution in [-0.2, 0) is 9.59 Å². The predicted molar refractivity (Wildman–Crippen MR) is 123 cm³/mol. The van der Waals surface area contributed by atoms with E-state index in [2.05, 4.69) is 6.08 Å². The standard InChI is InChI=1S/C25H25N3O5/c29-23-17-22(25(31)27(23)20-11-5-2-6-12-20)26(15-14-18-8-3-1-4-9-18)24(30)19-10-7-13-21(16-19)28(32)33/h2,5-8,10-13,16,22H,1,3-4,9,14-15,17H2. The molecule has 2 aliphatic rings. The van der Waals surface area contributed by atoms with Crippen LogP contribution in [0.3, 0.4) is 0 Å². The van der Waals surface area contributed by atoms with Crippen molar-refractivity contribution in [3.8, 4) is 0 Å². The SMILES string of the molecule is O=C1CC(N(CCC2=CCCCC2)C(=O)c2cccc([N+](=O)[O-])c2)C(=O)N1c1ccccc1. The molecular weight excluding hydrogens is 422 g/mol. The number of benzene rings is 2. The molecular formula is C25H25N3O5. The molecule has 1 aliphatic carbocycles. The molecule has 1 fully saturated rings. The zero-order chi connectivity index (χ0) is 23.4. The van der Waals surface area contributed by atoms with Gasteiger partial charge in [0.2, 0.25) is 5.91 Å². The van der Waals surface area contributed by atoms with Crippen LogP contribution in [-0.4, -0.2) is 40.1 Å². The van der Waals surface area contributed by atoms with E-state index in [1.54, 1.807) is 30.3 Å². The molecule has 0 spiro atoms. The van der Waals surface area contributed by atoms with Gasteiger partial charge in [-0.15, -0.1) is 0 Å². The second-order valence-corrected chi connectivity index (χ2v) is 8.29. The smallest absolute Gasteiger partial charge is 0.270 e. The highest BCUT2D eigenvalue weighted by Gasteiger charge is 2.44. The lowest BCUT2D eigenvalue weighted by Crippen LogP contribution is -2.46. The van der Waals surface area contributed by atoms with Crippen molar-refractivity contribution in [2.45, 2.75) is 44.6 Å². The molecule has 0 radical (unpaired) electrons. The van der Waals surface area contributed by atoms with Gasteiger partial charge in [0.1, 0.15) is 6.04 Å². The number of carbonyl (C=O) groups excluding carboxylic acids is 3. The Hall–Kier alpha value is -3.81. The minimum absolute atomic E-state index is 0.118. The lowest BCUT2D eigenvalue weighted by atomic mass is 9.96. The van der Waals surface area contributed by atoms with Gasteiger partial charge in [0.05, 0.1) is 17.0 Å². The van der Waals surface area contributed by atoms with Gasteiger partial charge < -0.3 is 4.90 Å². The molecule has 1 unspecified atom stereocenters. The van der Waals surface area contributed by atoms with Crippen molar-refractivity contribution in [2.75, 3.05) is 11.4 Å². The molecule has 2 aromatic rings. The highest BCUT2D eigenvalue weighted by Crippen LogP contribution is 2.28. The van der Waals surface area contributed by atoms with E-state index in [9.17, 15) is 24.5 Å². The number of hydrogen-bond donors (Lipinski definition) is 0. The largest absolute Gasteiger partial charge is 0.326 e. The first-order valence-electron chi connectivity index (χ1n) is 11.1. The lowest BCUT2D eigenvalue weighted by molar-refractivity contribution is -0.384. The van der Waals surface area contributed by atoms with E-state index in [4.69, 9.17) is 0 Å². The van der Waals surface area contributed by atoms with Gasteiger partial charge in [-0.05, 0) is 50.3 Å². The second-order valence-electron chi connectivity index (χ2n) is 8.29. The number of nitro benzene ring substituents is 1. The normalized spacial score (nSPS) is 18.2. The third-order valence-electron chi connectivity index (χ3n) is 6.14. The summed E-state index contributed by atoms with van der Waals surface area (Å²) in [6, 6.07) is 13.2. The molecule has 1 aliphatic heterocycles. The van der Waals surface area contributed by atoms with E-state index in [1.165, 1.54) is 34.7 Å². The number of anilines is 1. The zero-order valence-electron chi connectivity index (χ0n) is 18.2. The maximum absolute atomic E-state index is 13.5. The van der Waals surface area contributed by atoms with Crippen LogP contribution in [0.15, 0.2) is 66.2 Å². The number of para-hydroxylation sites is 1. The zero-order valence-corrected chi connectivity index (χ0v) is 18.2. The van der Waals surface area contributed by atoms with Gasteiger partial charge in [0.25, 0.3) is 17.5 Å². The Morgan fingerprint density at radius 1 is 1.09 bits per heavy atom. The summed E-state index contributed by atoms with van der Waals surface area (Å²) in [4.78, 5) is 52.7. The molecule has 8 nitrogen and oxygen atoms in total. The quantitative estimate of drug-likeness (QED) is 0.273. The number of carbonyl (C=O) groups is 3. The van der Waals surface area contributed by atoms with Crippen LogP contribution in [0.1, 0.15) is 48.9 Å². The molecule has 3 amide bonds. The first-order chi connectivity index (χ1) is 16.0. The summed E-state index contributed by atoms with van der Waals surface area (Å²) < 4.78 is 0. The highest BCUT2D eigenvalue weighted by atomic mass is 16.6. The van der Waals surface area contributed by atoms with Crippen molar-refractivity contribution in [2.24, 2.45) is 0 Å². The van der Waals surface area contributed by atoms with Crippen LogP contribution >= 0.6 is 0 Å². The van der Waals surface area contributed by atoms with E-state index in [-0.39, 0.29) is 30.1 Å². The number of allylic oxidation sites excluding steroid dienone is 1. The third kappa shape index (κ3) is 4.84. The Kier molecular flexibility index (Phi) is 6.63. The Bertz CT molecular complexity index is 1110. The number of nitro groups is 1. The van der Waals surface area contributed by atoms with Gasteiger partial charge in [0, 0.05) is 24.2 Å². The molecule has 0 bridgehead atoms. The van der Waals surface area contributed by atoms with Crippen molar-refractivity contribution in [1.82, 2.24) is 4.90 Å². The first-order valence-corrected chi connectivity index (χ1v) is 11.1. The fourth-order valence-electron chi connectivity index (χ4n) is 4.42. The van der Waals surface area contributed by atoms with E-state index in [0.717, 1.165) is 30.6 Å².